The van der Waals surface area contributed by atoms with Crippen LogP contribution in [0.1, 0.15) is 31.4 Å². The van der Waals surface area contributed by atoms with Crippen molar-refractivity contribution in [3.05, 3.63) is 42.5 Å². The first-order valence-corrected chi connectivity index (χ1v) is 9.13. The van der Waals surface area contributed by atoms with Crippen LogP contribution in [0.3, 0.4) is 0 Å². The molecule has 0 unspecified atom stereocenters. The maximum atomic E-state index is 12.8. The molecule has 2 aliphatic rings. The van der Waals surface area contributed by atoms with Crippen molar-refractivity contribution in [3.63, 3.8) is 0 Å². The van der Waals surface area contributed by atoms with Gasteiger partial charge < -0.3 is 24.3 Å². The maximum Gasteiger partial charge on any atom is 0.318 e. The highest BCUT2D eigenvalue weighted by Gasteiger charge is 2.31. The number of ether oxygens (including phenoxy) is 2. The molecule has 1 fully saturated rings. The van der Waals surface area contributed by atoms with E-state index in [1.165, 1.54) is 0 Å². The summed E-state index contributed by atoms with van der Waals surface area (Å²) in [5.41, 5.74) is 1.10. The monoisotopic (exact) mass is 356 g/mol. The first-order valence-electron chi connectivity index (χ1n) is 9.13. The Labute approximate surface area is 152 Å². The average Bonchev–Trinajstić information content (AvgIpc) is 3.32. The maximum absolute atomic E-state index is 12.8. The van der Waals surface area contributed by atoms with E-state index >= 15 is 0 Å². The van der Waals surface area contributed by atoms with E-state index < -0.39 is 0 Å². The van der Waals surface area contributed by atoms with Crippen molar-refractivity contribution in [3.8, 4) is 11.5 Å². The molecular formula is C19H24N4O3. The van der Waals surface area contributed by atoms with Gasteiger partial charge in [-0.2, -0.15) is 0 Å². The number of carbonyl (C=O) groups excluding carboxylic acids is 1. The zero-order valence-electron chi connectivity index (χ0n) is 14.9. The zero-order valence-corrected chi connectivity index (χ0v) is 14.9. The Morgan fingerprint density at radius 1 is 1.35 bits per heavy atom. The predicted octanol–water partition coefficient (Wildman–Crippen LogP) is 2.59. The fourth-order valence-corrected chi connectivity index (χ4v) is 3.67. The highest BCUT2D eigenvalue weighted by Crippen LogP contribution is 2.38. The second kappa shape index (κ2) is 7.27. The third-order valence-corrected chi connectivity index (χ3v) is 4.88. The van der Waals surface area contributed by atoms with Crippen molar-refractivity contribution in [1.29, 1.82) is 0 Å². The number of nitrogens with one attached hydrogen (secondary N) is 1. The molecule has 3 heterocycles. The Hall–Kier alpha value is -2.70. The van der Waals surface area contributed by atoms with E-state index in [1.807, 2.05) is 40.8 Å². The van der Waals surface area contributed by atoms with Crippen LogP contribution in [-0.4, -0.2) is 46.3 Å². The first kappa shape index (κ1) is 16.8. The predicted molar refractivity (Wildman–Crippen MR) is 96.3 cm³/mol. The van der Waals surface area contributed by atoms with Gasteiger partial charge in [-0.25, -0.2) is 9.78 Å². The summed E-state index contributed by atoms with van der Waals surface area (Å²) in [6.07, 6.45) is 7.37. The minimum Gasteiger partial charge on any atom is -0.486 e. The number of amides is 2. The second-order valence-corrected chi connectivity index (χ2v) is 6.86. The lowest BCUT2D eigenvalue weighted by Gasteiger charge is -2.28. The fourth-order valence-electron chi connectivity index (χ4n) is 3.67. The van der Waals surface area contributed by atoms with E-state index in [1.54, 1.807) is 12.5 Å². The van der Waals surface area contributed by atoms with Crippen LogP contribution in [0.15, 0.2) is 36.9 Å². The molecule has 0 bridgehead atoms. The molecule has 7 nitrogen and oxygen atoms in total. The summed E-state index contributed by atoms with van der Waals surface area (Å²) in [4.78, 5) is 18.8. The molecule has 1 saturated heterocycles. The van der Waals surface area contributed by atoms with Gasteiger partial charge in [0.2, 0.25) is 0 Å². The van der Waals surface area contributed by atoms with E-state index in [0.717, 1.165) is 36.4 Å². The average molecular weight is 356 g/mol. The van der Waals surface area contributed by atoms with Gasteiger partial charge in [-0.05, 0) is 37.5 Å². The number of aromatic nitrogens is 2. The van der Waals surface area contributed by atoms with Gasteiger partial charge in [-0.3, -0.25) is 0 Å². The molecule has 0 saturated carbocycles. The number of benzene rings is 1. The second-order valence-electron chi connectivity index (χ2n) is 6.86. The quantitative estimate of drug-likeness (QED) is 0.914. The van der Waals surface area contributed by atoms with Gasteiger partial charge in [-0.15, -0.1) is 0 Å². The largest absolute Gasteiger partial charge is 0.486 e. The summed E-state index contributed by atoms with van der Waals surface area (Å²) in [7, 11) is 0. The van der Waals surface area contributed by atoms with E-state index in [4.69, 9.17) is 9.47 Å². The van der Waals surface area contributed by atoms with Crippen LogP contribution in [0.2, 0.25) is 0 Å². The van der Waals surface area contributed by atoms with Crippen molar-refractivity contribution in [2.45, 2.75) is 38.4 Å². The van der Waals surface area contributed by atoms with E-state index in [-0.39, 0.29) is 18.1 Å². The molecule has 26 heavy (non-hydrogen) atoms. The number of nitrogens with zero attached hydrogens (tertiary/aromatic N) is 3. The minimum absolute atomic E-state index is 0.0185. The molecule has 2 atom stereocenters. The van der Waals surface area contributed by atoms with Gasteiger partial charge in [-0.1, -0.05) is 6.07 Å². The Kier molecular flexibility index (Phi) is 4.69. The lowest BCUT2D eigenvalue weighted by Crippen LogP contribution is -2.44. The number of likely N-dealkylation sites (tertiary alicyclic amines) is 1. The summed E-state index contributed by atoms with van der Waals surface area (Å²) in [5.74, 6) is 1.55. The van der Waals surface area contributed by atoms with Crippen molar-refractivity contribution < 1.29 is 14.3 Å². The number of rotatable bonds is 4. The van der Waals surface area contributed by atoms with Crippen LogP contribution >= 0.6 is 0 Å². The lowest BCUT2D eigenvalue weighted by molar-refractivity contribution is 0.170. The van der Waals surface area contributed by atoms with E-state index in [0.29, 0.717) is 19.8 Å². The van der Waals surface area contributed by atoms with Crippen molar-refractivity contribution in [2.75, 3.05) is 19.8 Å². The Balaban J connectivity index is 1.43. The van der Waals surface area contributed by atoms with Gasteiger partial charge >= 0.3 is 6.03 Å². The molecule has 7 heteroatoms. The number of fused-ring (bicyclic) bond motifs is 1. The Morgan fingerprint density at radius 3 is 3.00 bits per heavy atom. The fraction of sp³-hybridized carbons (Fsp3) is 0.474. The van der Waals surface area contributed by atoms with Crippen LogP contribution in [0.5, 0.6) is 11.5 Å². The molecule has 0 aliphatic carbocycles. The zero-order chi connectivity index (χ0) is 17.9. The molecule has 1 aromatic carbocycles. The molecule has 1 N–H and O–H groups in total. The summed E-state index contributed by atoms with van der Waals surface area (Å²) in [5, 5.41) is 3.10. The third kappa shape index (κ3) is 3.47. The number of hydrogen-bond donors (Lipinski definition) is 1. The molecule has 2 aromatic rings. The summed E-state index contributed by atoms with van der Waals surface area (Å²) in [6, 6.07) is 6.08. The van der Waals surface area contributed by atoms with E-state index in [2.05, 4.69) is 10.3 Å². The highest BCUT2D eigenvalue weighted by atomic mass is 16.6. The molecule has 138 valence electrons. The van der Waals surface area contributed by atoms with Crippen LogP contribution in [0.4, 0.5) is 4.79 Å². The molecule has 0 radical (unpaired) electrons. The smallest absolute Gasteiger partial charge is 0.318 e. The molecule has 1 aromatic heterocycles. The number of urea groups is 1. The van der Waals surface area contributed by atoms with Gasteiger partial charge in [0, 0.05) is 31.5 Å². The normalized spacial score (nSPS) is 20.0. The highest BCUT2D eigenvalue weighted by molar-refractivity contribution is 5.75. The summed E-state index contributed by atoms with van der Waals surface area (Å²) in [6.45, 7) is 4.63. The number of imidazole rings is 1. The first-order chi connectivity index (χ1) is 12.7. The summed E-state index contributed by atoms with van der Waals surface area (Å²) >= 11 is 0. The van der Waals surface area contributed by atoms with Gasteiger partial charge in [0.1, 0.15) is 13.2 Å². The molecular weight excluding hydrogens is 332 g/mol. The minimum atomic E-state index is -0.0185. The topological polar surface area (TPSA) is 68.6 Å². The molecule has 2 amide bonds. The summed E-state index contributed by atoms with van der Waals surface area (Å²) < 4.78 is 13.2. The Morgan fingerprint density at radius 2 is 2.19 bits per heavy atom. The van der Waals surface area contributed by atoms with Gasteiger partial charge in [0.25, 0.3) is 0 Å². The van der Waals surface area contributed by atoms with Crippen molar-refractivity contribution in [2.24, 2.45) is 0 Å². The van der Waals surface area contributed by atoms with E-state index in [9.17, 15) is 4.79 Å². The van der Waals surface area contributed by atoms with Crippen molar-refractivity contribution >= 4 is 6.03 Å². The standard InChI is InChI=1S/C19H24N4O3/c1-14(12-22-8-6-20-13-22)21-19(24)23-7-2-3-16(23)15-4-5-17-18(11-15)26-10-9-25-17/h4-6,8,11,13-14,16H,2-3,7,9-10,12H2,1H3,(H,21,24)/t14-,16+/m1/s1. The van der Waals surface area contributed by atoms with Crippen LogP contribution in [0.25, 0.3) is 0 Å². The number of carbonyl (C=O) groups is 1. The van der Waals surface area contributed by atoms with Gasteiger partial charge in [0.05, 0.1) is 12.4 Å². The molecule has 0 spiro atoms. The van der Waals surface area contributed by atoms with Crippen molar-refractivity contribution in [1.82, 2.24) is 19.8 Å². The molecule has 2 aliphatic heterocycles. The van der Waals surface area contributed by atoms with Crippen LogP contribution < -0.4 is 14.8 Å². The Bertz CT molecular complexity index is 762. The van der Waals surface area contributed by atoms with Gasteiger partial charge in [0.15, 0.2) is 11.5 Å². The third-order valence-electron chi connectivity index (χ3n) is 4.88. The molecule has 4 rings (SSSR count). The lowest BCUT2D eigenvalue weighted by atomic mass is 10.0. The van der Waals surface area contributed by atoms with Crippen LogP contribution in [-0.2, 0) is 6.54 Å². The van der Waals surface area contributed by atoms with Crippen LogP contribution in [0, 0.1) is 0 Å². The SMILES string of the molecule is C[C@H](Cn1ccnc1)NC(=O)N1CCC[C@H]1c1ccc2c(c1)OCCO2. The number of hydrogen-bond acceptors (Lipinski definition) is 4.